The van der Waals surface area contributed by atoms with Crippen molar-refractivity contribution in [3.8, 4) is 0 Å². The highest BCUT2D eigenvalue weighted by Crippen LogP contribution is 2.40. The molecule has 6 rings (SSSR count). The number of hydrogen-bond acceptors (Lipinski definition) is 8. The quantitative estimate of drug-likeness (QED) is 0.210. The first-order valence-corrected chi connectivity index (χ1v) is 13.9. The number of pyridine rings is 1. The molecule has 0 bridgehead atoms. The molecule has 3 heterocycles. The second kappa shape index (κ2) is 11.1. The van der Waals surface area contributed by atoms with E-state index in [0.29, 0.717) is 61.1 Å². The van der Waals surface area contributed by atoms with Crippen LogP contribution in [0.5, 0.6) is 0 Å². The Morgan fingerprint density at radius 3 is 2.60 bits per heavy atom. The van der Waals surface area contributed by atoms with Crippen LogP contribution < -0.4 is 0 Å². The van der Waals surface area contributed by atoms with Gasteiger partial charge >= 0.3 is 11.9 Å². The third-order valence-electron chi connectivity index (χ3n) is 8.28. The molecule has 2 unspecified atom stereocenters. The van der Waals surface area contributed by atoms with E-state index in [1.807, 2.05) is 30.3 Å². The Balaban J connectivity index is 1.42. The Morgan fingerprint density at radius 2 is 1.82 bits per heavy atom. The number of benzene rings is 2. The lowest BCUT2D eigenvalue weighted by Gasteiger charge is -2.39. The minimum atomic E-state index is -2.67. The third-order valence-corrected chi connectivity index (χ3v) is 8.28. The van der Waals surface area contributed by atoms with Crippen LogP contribution in [0.4, 0.5) is 4.39 Å². The number of oxazole rings is 1. The van der Waals surface area contributed by atoms with Crippen LogP contribution in [0.3, 0.4) is 0 Å². The highest BCUT2D eigenvalue weighted by molar-refractivity contribution is 5.99. The van der Waals surface area contributed by atoms with Gasteiger partial charge in [0.1, 0.15) is 5.52 Å². The summed E-state index contributed by atoms with van der Waals surface area (Å²) >= 11 is 0. The zero-order chi connectivity index (χ0) is 27.7. The summed E-state index contributed by atoms with van der Waals surface area (Å²) in [5.41, 5.74) is 2.16. The molecule has 0 N–H and O–H groups in total. The second-order valence-electron chi connectivity index (χ2n) is 10.7. The first-order chi connectivity index (χ1) is 19.5. The molecule has 4 aromatic rings. The summed E-state index contributed by atoms with van der Waals surface area (Å²) in [6.07, 6.45) is 6.02. The highest BCUT2D eigenvalue weighted by Gasteiger charge is 2.52. The maximum atomic E-state index is 17.5. The van der Waals surface area contributed by atoms with Crippen molar-refractivity contribution < 1.29 is 27.9 Å². The van der Waals surface area contributed by atoms with Gasteiger partial charge in [0.25, 0.3) is 0 Å². The molecule has 1 aliphatic carbocycles. The maximum absolute atomic E-state index is 17.5. The molecule has 2 aromatic carbocycles. The standard InChI is InChI=1S/C31H32FN3O5/c1-38-30(37)21-8-11-23(12-9-21)40-31(32,35-16-4-5-17-35)29(36)27(22-10-13-25-26(18-22)39-19-34-25)28-24-7-3-2-6-20(24)14-15-33-28/h2-3,6-7,10,13-15,18-19,21,23,27H,4-5,8-9,11-12,16-17H2,1H3. The van der Waals surface area contributed by atoms with Crippen molar-refractivity contribution in [2.45, 2.75) is 56.5 Å². The van der Waals surface area contributed by atoms with Crippen LogP contribution in [0.1, 0.15) is 55.7 Å². The summed E-state index contributed by atoms with van der Waals surface area (Å²) in [6.45, 7) is 0.827. The molecule has 1 saturated carbocycles. The molecule has 2 aliphatic rings. The smallest absolute Gasteiger partial charge is 0.330 e. The number of likely N-dealkylation sites (tertiary alicyclic amines) is 1. The molecule has 2 atom stereocenters. The van der Waals surface area contributed by atoms with Crippen molar-refractivity contribution in [1.29, 1.82) is 0 Å². The number of ether oxygens (including phenoxy) is 2. The number of carbonyl (C=O) groups excluding carboxylic acids is 2. The van der Waals surface area contributed by atoms with Gasteiger partial charge in [0.15, 0.2) is 12.0 Å². The Bertz CT molecular complexity index is 1520. The van der Waals surface area contributed by atoms with E-state index < -0.39 is 23.8 Å². The molecule has 0 radical (unpaired) electrons. The molecule has 0 amide bonds. The lowest BCUT2D eigenvalue weighted by atomic mass is 9.85. The van der Waals surface area contributed by atoms with Gasteiger partial charge in [-0.25, -0.2) is 9.88 Å². The number of alkyl halides is 1. The third kappa shape index (κ3) is 4.88. The first-order valence-electron chi connectivity index (χ1n) is 13.9. The summed E-state index contributed by atoms with van der Waals surface area (Å²) < 4.78 is 34.1. The highest BCUT2D eigenvalue weighted by atomic mass is 19.2. The van der Waals surface area contributed by atoms with Crippen LogP contribution >= 0.6 is 0 Å². The fraction of sp³-hybridized carbons (Fsp3) is 0.419. The zero-order valence-corrected chi connectivity index (χ0v) is 22.4. The Hall–Kier alpha value is -3.69. The van der Waals surface area contributed by atoms with Gasteiger partial charge in [0.2, 0.25) is 5.78 Å². The average Bonchev–Trinajstić information content (AvgIpc) is 3.70. The SMILES string of the molecule is COC(=O)C1CCC(OC(F)(C(=O)C(c2ccc3ncoc3c2)c2nccc3ccccc23)N2CCCC2)CC1. The Morgan fingerprint density at radius 1 is 1.05 bits per heavy atom. The molecule has 208 valence electrons. The van der Waals surface area contributed by atoms with E-state index in [0.717, 1.165) is 23.6 Å². The van der Waals surface area contributed by atoms with E-state index in [4.69, 9.17) is 13.9 Å². The van der Waals surface area contributed by atoms with Crippen LogP contribution in [0.2, 0.25) is 0 Å². The topological polar surface area (TPSA) is 94.8 Å². The largest absolute Gasteiger partial charge is 0.469 e. The number of halogens is 1. The molecule has 1 aliphatic heterocycles. The summed E-state index contributed by atoms with van der Waals surface area (Å²) in [6, 6.07) is 14.8. The Labute approximate surface area is 231 Å². The predicted octanol–water partition coefficient (Wildman–Crippen LogP) is 5.54. The van der Waals surface area contributed by atoms with Crippen molar-refractivity contribution in [3.05, 3.63) is 72.4 Å². The summed E-state index contributed by atoms with van der Waals surface area (Å²) in [7, 11) is 1.38. The minimum absolute atomic E-state index is 0.234. The van der Waals surface area contributed by atoms with Crippen molar-refractivity contribution in [2.24, 2.45) is 5.92 Å². The lowest BCUT2D eigenvalue weighted by Crippen LogP contribution is -2.56. The van der Waals surface area contributed by atoms with E-state index in [1.54, 1.807) is 24.4 Å². The van der Waals surface area contributed by atoms with Crippen LogP contribution in [0, 0.1) is 5.92 Å². The van der Waals surface area contributed by atoms with E-state index in [-0.39, 0.29) is 11.9 Å². The van der Waals surface area contributed by atoms with Gasteiger partial charge in [-0.2, -0.15) is 4.39 Å². The number of aromatic nitrogens is 2. The summed E-state index contributed by atoms with van der Waals surface area (Å²) in [5, 5.41) is 1.67. The van der Waals surface area contributed by atoms with E-state index >= 15 is 4.39 Å². The van der Waals surface area contributed by atoms with Gasteiger partial charge in [-0.15, -0.1) is 0 Å². The minimum Gasteiger partial charge on any atom is -0.469 e. The number of rotatable bonds is 8. The van der Waals surface area contributed by atoms with Crippen molar-refractivity contribution in [3.63, 3.8) is 0 Å². The number of fused-ring (bicyclic) bond motifs is 2. The summed E-state index contributed by atoms with van der Waals surface area (Å²) in [4.78, 5) is 37.1. The van der Waals surface area contributed by atoms with E-state index in [9.17, 15) is 9.59 Å². The van der Waals surface area contributed by atoms with Crippen LogP contribution in [0.15, 0.2) is 65.5 Å². The number of hydrogen-bond donors (Lipinski definition) is 0. The van der Waals surface area contributed by atoms with E-state index in [1.165, 1.54) is 18.4 Å². The molecule has 2 fully saturated rings. The number of ketones is 1. The van der Waals surface area contributed by atoms with Crippen molar-refractivity contribution in [1.82, 2.24) is 14.9 Å². The van der Waals surface area contributed by atoms with Gasteiger partial charge in [0, 0.05) is 24.7 Å². The average molecular weight is 546 g/mol. The van der Waals surface area contributed by atoms with Gasteiger partial charge in [-0.3, -0.25) is 14.6 Å². The van der Waals surface area contributed by atoms with Gasteiger partial charge in [0.05, 0.1) is 30.7 Å². The van der Waals surface area contributed by atoms with Crippen LogP contribution in [0.25, 0.3) is 21.9 Å². The normalized spacial score (nSPS) is 22.2. The van der Waals surface area contributed by atoms with Crippen LogP contribution in [-0.4, -0.2) is 58.9 Å². The van der Waals surface area contributed by atoms with Crippen molar-refractivity contribution in [2.75, 3.05) is 20.2 Å². The molecule has 0 spiro atoms. The number of nitrogens with zero attached hydrogens (tertiary/aromatic N) is 3. The molecule has 9 heteroatoms. The molecular formula is C31H32FN3O5. The van der Waals surface area contributed by atoms with Gasteiger partial charge in [-0.05, 0) is 67.7 Å². The Kier molecular flexibility index (Phi) is 7.33. The molecular weight excluding hydrogens is 513 g/mol. The number of Topliss-reactive ketones (excluding diaryl/α,β-unsaturated/α-hetero) is 1. The molecule has 40 heavy (non-hydrogen) atoms. The van der Waals surface area contributed by atoms with Gasteiger partial charge < -0.3 is 13.9 Å². The van der Waals surface area contributed by atoms with Crippen molar-refractivity contribution >= 4 is 33.6 Å². The molecule has 8 nitrogen and oxygen atoms in total. The number of methoxy groups -OCH3 is 1. The predicted molar refractivity (Wildman–Crippen MR) is 146 cm³/mol. The summed E-state index contributed by atoms with van der Waals surface area (Å²) in [5.74, 6) is -4.93. The second-order valence-corrected chi connectivity index (χ2v) is 10.7. The van der Waals surface area contributed by atoms with E-state index in [2.05, 4.69) is 9.97 Å². The number of carbonyl (C=O) groups is 2. The zero-order valence-electron chi connectivity index (χ0n) is 22.4. The molecule has 1 saturated heterocycles. The fourth-order valence-corrected chi connectivity index (χ4v) is 6.13. The van der Waals surface area contributed by atoms with Gasteiger partial charge in [-0.1, -0.05) is 30.3 Å². The molecule has 2 aromatic heterocycles. The fourth-order valence-electron chi connectivity index (χ4n) is 6.13. The maximum Gasteiger partial charge on any atom is 0.330 e. The van der Waals surface area contributed by atoms with Crippen LogP contribution in [-0.2, 0) is 19.1 Å². The lowest BCUT2D eigenvalue weighted by molar-refractivity contribution is -0.253. The number of esters is 1. The monoisotopic (exact) mass is 545 g/mol. The first kappa shape index (κ1) is 26.5.